The number of anilines is 2. The van der Waals surface area contributed by atoms with Crippen LogP contribution in [-0.2, 0) is 13.0 Å². The number of aromatic nitrogens is 1. The second-order valence-corrected chi connectivity index (χ2v) is 4.67. The lowest BCUT2D eigenvalue weighted by Gasteiger charge is -2.09. The van der Waals surface area contributed by atoms with Gasteiger partial charge in [0.15, 0.2) is 0 Å². The van der Waals surface area contributed by atoms with Gasteiger partial charge in [-0.25, -0.2) is 4.98 Å². The first-order valence-electron chi connectivity index (χ1n) is 6.51. The lowest BCUT2D eigenvalue weighted by Crippen LogP contribution is -2.15. The van der Waals surface area contributed by atoms with Crippen molar-refractivity contribution >= 4 is 17.4 Å². The summed E-state index contributed by atoms with van der Waals surface area (Å²) in [6.07, 6.45) is 2.42. The number of pyridine rings is 1. The van der Waals surface area contributed by atoms with Crippen LogP contribution in [0.2, 0.25) is 0 Å². The zero-order chi connectivity index (χ0) is 13.9. The van der Waals surface area contributed by atoms with E-state index in [0.717, 1.165) is 29.8 Å². The van der Waals surface area contributed by atoms with E-state index >= 15 is 0 Å². The molecule has 2 heterocycles. The van der Waals surface area contributed by atoms with Crippen LogP contribution in [0.4, 0.5) is 11.5 Å². The molecular formula is C15H15N3O2. The number of hydrogen-bond acceptors (Lipinski definition) is 4. The number of nitrogens with one attached hydrogen (secondary N) is 2. The number of carbonyl (C=O) groups excluding carboxylic acids is 1. The Hall–Kier alpha value is -2.40. The van der Waals surface area contributed by atoms with Crippen LogP contribution < -0.4 is 10.6 Å². The Bertz CT molecular complexity index is 655. The first kappa shape index (κ1) is 12.6. The van der Waals surface area contributed by atoms with Gasteiger partial charge in [-0.3, -0.25) is 4.79 Å². The number of fused-ring (bicyclic) bond motifs is 1. The van der Waals surface area contributed by atoms with E-state index < -0.39 is 0 Å². The number of hydrogen-bond donors (Lipinski definition) is 3. The van der Waals surface area contributed by atoms with Gasteiger partial charge in [0.1, 0.15) is 5.82 Å². The van der Waals surface area contributed by atoms with Gasteiger partial charge in [-0.2, -0.15) is 0 Å². The molecular weight excluding hydrogens is 254 g/mol. The summed E-state index contributed by atoms with van der Waals surface area (Å²) in [7, 11) is 0. The normalized spacial score (nSPS) is 12.7. The van der Waals surface area contributed by atoms with Crippen molar-refractivity contribution in [3.8, 4) is 0 Å². The largest absolute Gasteiger partial charge is 0.392 e. The molecule has 1 amide bonds. The van der Waals surface area contributed by atoms with Gasteiger partial charge >= 0.3 is 0 Å². The minimum absolute atomic E-state index is 0.0734. The van der Waals surface area contributed by atoms with E-state index in [4.69, 9.17) is 5.11 Å². The summed E-state index contributed by atoms with van der Waals surface area (Å²) in [5.41, 5.74) is 3.46. The molecule has 1 aliphatic heterocycles. The van der Waals surface area contributed by atoms with E-state index in [1.54, 1.807) is 18.3 Å². The van der Waals surface area contributed by atoms with Gasteiger partial charge in [0.2, 0.25) is 0 Å². The summed E-state index contributed by atoms with van der Waals surface area (Å²) < 4.78 is 0. The van der Waals surface area contributed by atoms with Crippen LogP contribution in [0.1, 0.15) is 21.5 Å². The number of nitrogens with zero attached hydrogens (tertiary/aromatic N) is 1. The van der Waals surface area contributed by atoms with Crippen LogP contribution in [0, 0.1) is 0 Å². The fourth-order valence-corrected chi connectivity index (χ4v) is 2.38. The quantitative estimate of drug-likeness (QED) is 0.794. The third kappa shape index (κ3) is 2.35. The van der Waals surface area contributed by atoms with E-state index in [1.807, 2.05) is 18.2 Å². The molecule has 1 aliphatic rings. The smallest absolute Gasteiger partial charge is 0.257 e. The third-order valence-corrected chi connectivity index (χ3v) is 3.36. The zero-order valence-corrected chi connectivity index (χ0v) is 10.9. The lowest BCUT2D eigenvalue weighted by molar-refractivity contribution is 0.102. The summed E-state index contributed by atoms with van der Waals surface area (Å²) in [4.78, 5) is 16.4. The topological polar surface area (TPSA) is 74.2 Å². The molecule has 5 nitrogen and oxygen atoms in total. The fourth-order valence-electron chi connectivity index (χ4n) is 2.38. The van der Waals surface area contributed by atoms with E-state index in [2.05, 4.69) is 15.6 Å². The highest BCUT2D eigenvalue weighted by Crippen LogP contribution is 2.26. The molecule has 1 aromatic carbocycles. The molecule has 0 fully saturated rings. The monoisotopic (exact) mass is 269 g/mol. The molecule has 0 unspecified atom stereocenters. The lowest BCUT2D eigenvalue weighted by atomic mass is 10.0. The van der Waals surface area contributed by atoms with Gasteiger partial charge in [0, 0.05) is 24.0 Å². The van der Waals surface area contributed by atoms with Crippen molar-refractivity contribution in [1.82, 2.24) is 4.98 Å². The van der Waals surface area contributed by atoms with E-state index in [1.165, 1.54) is 0 Å². The van der Waals surface area contributed by atoms with Crippen LogP contribution in [0.25, 0.3) is 0 Å². The van der Waals surface area contributed by atoms with Gasteiger partial charge in [-0.1, -0.05) is 6.07 Å². The number of aliphatic hydroxyl groups excluding tert-OH is 1. The third-order valence-electron chi connectivity index (χ3n) is 3.36. The van der Waals surface area contributed by atoms with Crippen molar-refractivity contribution in [2.75, 3.05) is 17.2 Å². The molecule has 0 atom stereocenters. The SMILES string of the molecule is O=C(Nc1cc(CO)ccn1)c1cccc2c1CCN2. The minimum atomic E-state index is -0.173. The highest BCUT2D eigenvalue weighted by Gasteiger charge is 2.18. The van der Waals surface area contributed by atoms with E-state index in [-0.39, 0.29) is 12.5 Å². The van der Waals surface area contributed by atoms with Gasteiger partial charge in [-0.05, 0) is 41.8 Å². The predicted octanol–water partition coefficient (Wildman–Crippen LogP) is 1.79. The summed E-state index contributed by atoms with van der Waals surface area (Å²) in [6.45, 7) is 0.786. The Balaban J connectivity index is 1.85. The van der Waals surface area contributed by atoms with E-state index in [0.29, 0.717) is 11.4 Å². The van der Waals surface area contributed by atoms with Crippen molar-refractivity contribution < 1.29 is 9.90 Å². The van der Waals surface area contributed by atoms with Gasteiger partial charge in [-0.15, -0.1) is 0 Å². The molecule has 3 rings (SSSR count). The van der Waals surface area contributed by atoms with Crippen LogP contribution in [0.5, 0.6) is 0 Å². The minimum Gasteiger partial charge on any atom is -0.392 e. The van der Waals surface area contributed by atoms with Gasteiger partial charge < -0.3 is 15.7 Å². The van der Waals surface area contributed by atoms with Gasteiger partial charge in [0.25, 0.3) is 5.91 Å². The molecule has 0 saturated heterocycles. The second-order valence-electron chi connectivity index (χ2n) is 4.67. The number of amides is 1. The molecule has 102 valence electrons. The standard InChI is InChI=1S/C15H15N3O2/c19-9-10-4-6-17-14(8-10)18-15(20)12-2-1-3-13-11(12)5-7-16-13/h1-4,6,8,16,19H,5,7,9H2,(H,17,18,20). The van der Waals surface area contributed by atoms with Crippen molar-refractivity contribution in [3.05, 3.63) is 53.2 Å². The van der Waals surface area contributed by atoms with Crippen molar-refractivity contribution in [3.63, 3.8) is 0 Å². The summed E-state index contributed by atoms with van der Waals surface area (Å²) in [5.74, 6) is 0.276. The first-order chi connectivity index (χ1) is 9.78. The average Bonchev–Trinajstić information content (AvgIpc) is 2.95. The van der Waals surface area contributed by atoms with Crippen LogP contribution in [-0.4, -0.2) is 22.5 Å². The summed E-state index contributed by atoms with van der Waals surface area (Å²) in [5, 5.41) is 15.1. The first-order valence-corrected chi connectivity index (χ1v) is 6.51. The maximum atomic E-state index is 12.3. The Kier molecular flexibility index (Phi) is 3.35. The molecule has 0 bridgehead atoms. The van der Waals surface area contributed by atoms with E-state index in [9.17, 15) is 4.79 Å². The van der Waals surface area contributed by atoms with Crippen molar-refractivity contribution in [2.45, 2.75) is 13.0 Å². The Morgan fingerprint density at radius 3 is 3.15 bits per heavy atom. The summed E-state index contributed by atoms with van der Waals surface area (Å²) in [6, 6.07) is 9.03. The number of aliphatic hydroxyl groups is 1. The Morgan fingerprint density at radius 2 is 2.30 bits per heavy atom. The molecule has 5 heteroatoms. The van der Waals surface area contributed by atoms with Crippen LogP contribution in [0.15, 0.2) is 36.5 Å². The van der Waals surface area contributed by atoms with Gasteiger partial charge in [0.05, 0.1) is 6.61 Å². The average molecular weight is 269 g/mol. The maximum Gasteiger partial charge on any atom is 0.257 e. The Morgan fingerprint density at radius 1 is 1.40 bits per heavy atom. The molecule has 2 aromatic rings. The molecule has 0 saturated carbocycles. The summed E-state index contributed by atoms with van der Waals surface area (Å²) >= 11 is 0. The van der Waals surface area contributed by atoms with Crippen molar-refractivity contribution in [1.29, 1.82) is 0 Å². The maximum absolute atomic E-state index is 12.3. The molecule has 3 N–H and O–H groups in total. The second kappa shape index (κ2) is 5.30. The highest BCUT2D eigenvalue weighted by molar-refractivity contribution is 6.06. The van der Waals surface area contributed by atoms with Crippen LogP contribution >= 0.6 is 0 Å². The predicted molar refractivity (Wildman–Crippen MR) is 76.7 cm³/mol. The zero-order valence-electron chi connectivity index (χ0n) is 10.9. The molecule has 0 spiro atoms. The van der Waals surface area contributed by atoms with Crippen LogP contribution in [0.3, 0.4) is 0 Å². The molecule has 20 heavy (non-hydrogen) atoms. The molecule has 1 aromatic heterocycles. The molecule has 0 radical (unpaired) electrons. The number of benzene rings is 1. The molecule has 0 aliphatic carbocycles. The number of rotatable bonds is 3. The number of carbonyl (C=O) groups is 1. The Labute approximate surface area is 116 Å². The fraction of sp³-hybridized carbons (Fsp3) is 0.200. The highest BCUT2D eigenvalue weighted by atomic mass is 16.3. The van der Waals surface area contributed by atoms with Crippen molar-refractivity contribution in [2.24, 2.45) is 0 Å².